The Balaban J connectivity index is 1.75. The summed E-state index contributed by atoms with van der Waals surface area (Å²) in [6.07, 6.45) is 7.32. The summed E-state index contributed by atoms with van der Waals surface area (Å²) < 4.78 is 5.53. The first-order valence-corrected chi connectivity index (χ1v) is 8.88. The van der Waals surface area contributed by atoms with Crippen LogP contribution >= 0.6 is 0 Å². The average Bonchev–Trinajstić information content (AvgIpc) is 2.98. The Hall–Kier alpha value is -2.04. The lowest BCUT2D eigenvalue weighted by Gasteiger charge is -2.21. The zero-order valence-electron chi connectivity index (χ0n) is 14.4. The van der Waals surface area contributed by atoms with Crippen molar-refractivity contribution in [2.45, 2.75) is 57.9 Å². The number of ether oxygens (including phenoxy) is 1. The number of rotatable bonds is 9. The standard InChI is InChI=1S/C19H28N2O3/c1-2-3-5-15-6-4-7-17(15)21-19(23)13-24-16-10-8-14(9-11-16)12-18(20)22/h8-11,15,17H,2-7,12-13H2,1H3,(H2,20,22)(H,21,23). The van der Waals surface area contributed by atoms with Crippen molar-refractivity contribution in [2.24, 2.45) is 11.7 Å². The molecule has 1 aliphatic carbocycles. The molecule has 1 aliphatic rings. The SMILES string of the molecule is CCCCC1CCCC1NC(=O)COc1ccc(CC(N)=O)cc1. The van der Waals surface area contributed by atoms with Gasteiger partial charge in [-0.3, -0.25) is 9.59 Å². The normalized spacial score (nSPS) is 19.9. The minimum absolute atomic E-state index is 0.0200. The second-order valence-electron chi connectivity index (χ2n) is 6.58. The maximum atomic E-state index is 12.1. The maximum Gasteiger partial charge on any atom is 0.258 e. The average molecular weight is 332 g/mol. The van der Waals surface area contributed by atoms with Gasteiger partial charge in [0, 0.05) is 6.04 Å². The Bertz CT molecular complexity index is 542. The van der Waals surface area contributed by atoms with Crippen LogP contribution in [0.2, 0.25) is 0 Å². The summed E-state index contributed by atoms with van der Waals surface area (Å²) in [4.78, 5) is 23.0. The molecule has 5 nitrogen and oxygen atoms in total. The first-order valence-electron chi connectivity index (χ1n) is 8.88. The molecule has 0 aliphatic heterocycles. The van der Waals surface area contributed by atoms with Gasteiger partial charge in [0.05, 0.1) is 6.42 Å². The largest absolute Gasteiger partial charge is 0.484 e. The van der Waals surface area contributed by atoms with Gasteiger partial charge in [0.15, 0.2) is 6.61 Å². The molecule has 0 bridgehead atoms. The predicted octanol–water partition coefficient (Wildman–Crippen LogP) is 2.57. The van der Waals surface area contributed by atoms with Crippen LogP contribution in [0, 0.1) is 5.92 Å². The molecule has 0 heterocycles. The zero-order chi connectivity index (χ0) is 17.4. The number of amides is 2. The van der Waals surface area contributed by atoms with Gasteiger partial charge in [-0.2, -0.15) is 0 Å². The molecule has 2 unspecified atom stereocenters. The van der Waals surface area contributed by atoms with E-state index in [0.29, 0.717) is 17.7 Å². The molecule has 2 rings (SSSR count). The van der Waals surface area contributed by atoms with Crippen molar-refractivity contribution in [3.63, 3.8) is 0 Å². The number of benzene rings is 1. The maximum absolute atomic E-state index is 12.1. The van der Waals surface area contributed by atoms with Crippen molar-refractivity contribution in [1.29, 1.82) is 0 Å². The van der Waals surface area contributed by atoms with E-state index in [1.807, 2.05) is 0 Å². The van der Waals surface area contributed by atoms with Gasteiger partial charge in [-0.05, 0) is 42.9 Å². The van der Waals surface area contributed by atoms with Gasteiger partial charge in [0.25, 0.3) is 5.91 Å². The predicted molar refractivity (Wildman–Crippen MR) is 93.6 cm³/mol. The summed E-state index contributed by atoms with van der Waals surface area (Å²) in [5.41, 5.74) is 5.99. The number of primary amides is 1. The van der Waals surface area contributed by atoms with Gasteiger partial charge < -0.3 is 15.8 Å². The molecule has 2 amide bonds. The smallest absolute Gasteiger partial charge is 0.258 e. The van der Waals surface area contributed by atoms with Crippen molar-refractivity contribution in [3.05, 3.63) is 29.8 Å². The van der Waals surface area contributed by atoms with Crippen LogP contribution < -0.4 is 15.8 Å². The lowest BCUT2D eigenvalue weighted by molar-refractivity contribution is -0.124. The molecule has 1 aromatic rings. The fraction of sp³-hybridized carbons (Fsp3) is 0.579. The van der Waals surface area contributed by atoms with Crippen LogP contribution in [0.3, 0.4) is 0 Å². The summed E-state index contributed by atoms with van der Waals surface area (Å²) in [6.45, 7) is 2.22. The molecule has 0 aromatic heterocycles. The molecule has 1 aromatic carbocycles. The lowest BCUT2D eigenvalue weighted by atomic mass is 9.97. The van der Waals surface area contributed by atoms with E-state index in [1.165, 1.54) is 32.1 Å². The highest BCUT2D eigenvalue weighted by Gasteiger charge is 2.27. The summed E-state index contributed by atoms with van der Waals surface area (Å²) >= 11 is 0. The Morgan fingerprint density at radius 2 is 2.00 bits per heavy atom. The van der Waals surface area contributed by atoms with Gasteiger partial charge in [-0.1, -0.05) is 38.3 Å². The number of nitrogens with one attached hydrogen (secondary N) is 1. The number of hydrogen-bond donors (Lipinski definition) is 2. The van der Waals surface area contributed by atoms with E-state index in [4.69, 9.17) is 10.5 Å². The van der Waals surface area contributed by atoms with Crippen LogP contribution in [0.5, 0.6) is 5.75 Å². The van der Waals surface area contributed by atoms with E-state index in [9.17, 15) is 9.59 Å². The van der Waals surface area contributed by atoms with Crippen LogP contribution in [-0.4, -0.2) is 24.5 Å². The number of carbonyl (C=O) groups is 2. The number of unbranched alkanes of at least 4 members (excludes halogenated alkanes) is 1. The molecule has 132 valence electrons. The van der Waals surface area contributed by atoms with Gasteiger partial charge in [-0.15, -0.1) is 0 Å². The second-order valence-corrected chi connectivity index (χ2v) is 6.58. The highest BCUT2D eigenvalue weighted by molar-refractivity contribution is 5.78. The molecule has 24 heavy (non-hydrogen) atoms. The molecule has 0 radical (unpaired) electrons. The summed E-state index contributed by atoms with van der Waals surface area (Å²) in [6, 6.07) is 7.38. The third-order valence-corrected chi connectivity index (χ3v) is 4.61. The van der Waals surface area contributed by atoms with E-state index in [-0.39, 0.29) is 24.8 Å². The van der Waals surface area contributed by atoms with Crippen molar-refractivity contribution in [2.75, 3.05) is 6.61 Å². The lowest BCUT2D eigenvalue weighted by Crippen LogP contribution is -2.40. The van der Waals surface area contributed by atoms with E-state index >= 15 is 0 Å². The first kappa shape index (κ1) is 18.3. The highest BCUT2D eigenvalue weighted by Crippen LogP contribution is 2.29. The Morgan fingerprint density at radius 1 is 1.25 bits per heavy atom. The van der Waals surface area contributed by atoms with Crippen LogP contribution in [0.15, 0.2) is 24.3 Å². The number of hydrogen-bond acceptors (Lipinski definition) is 3. The zero-order valence-corrected chi connectivity index (χ0v) is 14.4. The third-order valence-electron chi connectivity index (χ3n) is 4.61. The molecular weight excluding hydrogens is 304 g/mol. The fourth-order valence-electron chi connectivity index (χ4n) is 3.34. The molecule has 2 atom stereocenters. The quantitative estimate of drug-likeness (QED) is 0.729. The number of carbonyl (C=O) groups excluding carboxylic acids is 2. The molecule has 1 saturated carbocycles. The Labute approximate surface area is 143 Å². The van der Waals surface area contributed by atoms with E-state index in [0.717, 1.165) is 12.0 Å². The molecular formula is C19H28N2O3. The van der Waals surface area contributed by atoms with Crippen molar-refractivity contribution in [1.82, 2.24) is 5.32 Å². The summed E-state index contributed by atoms with van der Waals surface area (Å²) in [7, 11) is 0. The van der Waals surface area contributed by atoms with Crippen LogP contribution in [0.1, 0.15) is 51.0 Å². The number of nitrogens with two attached hydrogens (primary N) is 1. The van der Waals surface area contributed by atoms with Gasteiger partial charge in [0.2, 0.25) is 5.91 Å². The third kappa shape index (κ3) is 5.87. The van der Waals surface area contributed by atoms with Crippen LogP contribution in [0.25, 0.3) is 0 Å². The van der Waals surface area contributed by atoms with Gasteiger partial charge >= 0.3 is 0 Å². The van der Waals surface area contributed by atoms with E-state index < -0.39 is 0 Å². The van der Waals surface area contributed by atoms with Gasteiger partial charge in [-0.25, -0.2) is 0 Å². The second kappa shape index (κ2) is 9.30. The summed E-state index contributed by atoms with van der Waals surface area (Å²) in [5.74, 6) is 0.802. The minimum Gasteiger partial charge on any atom is -0.484 e. The fourth-order valence-corrected chi connectivity index (χ4v) is 3.34. The molecule has 5 heteroatoms. The van der Waals surface area contributed by atoms with Crippen LogP contribution in [-0.2, 0) is 16.0 Å². The molecule has 3 N–H and O–H groups in total. The Morgan fingerprint density at radius 3 is 2.67 bits per heavy atom. The monoisotopic (exact) mass is 332 g/mol. The Kier molecular flexibility index (Phi) is 7.09. The van der Waals surface area contributed by atoms with Gasteiger partial charge in [0.1, 0.15) is 5.75 Å². The summed E-state index contributed by atoms with van der Waals surface area (Å²) in [5, 5.41) is 3.12. The topological polar surface area (TPSA) is 81.4 Å². The van der Waals surface area contributed by atoms with Crippen molar-refractivity contribution < 1.29 is 14.3 Å². The molecule has 0 saturated heterocycles. The molecule has 0 spiro atoms. The highest BCUT2D eigenvalue weighted by atomic mass is 16.5. The molecule has 1 fully saturated rings. The van der Waals surface area contributed by atoms with Crippen molar-refractivity contribution in [3.8, 4) is 5.75 Å². The van der Waals surface area contributed by atoms with E-state index in [1.54, 1.807) is 24.3 Å². The minimum atomic E-state index is -0.364. The van der Waals surface area contributed by atoms with Crippen LogP contribution in [0.4, 0.5) is 0 Å². The van der Waals surface area contributed by atoms with Crippen molar-refractivity contribution >= 4 is 11.8 Å². The van der Waals surface area contributed by atoms with E-state index in [2.05, 4.69) is 12.2 Å². The first-order chi connectivity index (χ1) is 11.6.